The van der Waals surface area contributed by atoms with Gasteiger partial charge in [-0.2, -0.15) is 8.42 Å². The van der Waals surface area contributed by atoms with Crippen LogP contribution in [0.4, 0.5) is 0 Å². The van der Waals surface area contributed by atoms with Gasteiger partial charge in [0.05, 0.1) is 5.41 Å². The van der Waals surface area contributed by atoms with E-state index in [1.54, 1.807) is 0 Å². The summed E-state index contributed by atoms with van der Waals surface area (Å²) < 4.78 is 34.9. The molecule has 0 aromatic heterocycles. The normalized spacial score (nSPS) is 35.3. The summed E-state index contributed by atoms with van der Waals surface area (Å²) >= 11 is 0. The number of ketones is 1. The quantitative estimate of drug-likeness (QED) is 0.619. The molecule has 7 heteroatoms. The Hall–Kier alpha value is -0.950. The lowest BCUT2D eigenvalue weighted by Gasteiger charge is -2.37. The number of rotatable bonds is 4. The average molecular weight is 304 g/mol. The molecule has 2 aliphatic rings. The van der Waals surface area contributed by atoms with Crippen molar-refractivity contribution in [3.05, 3.63) is 0 Å². The lowest BCUT2D eigenvalue weighted by atomic mass is 9.65. The van der Waals surface area contributed by atoms with Crippen molar-refractivity contribution in [2.24, 2.45) is 16.2 Å². The molecule has 0 aromatic carbocycles. The zero-order chi connectivity index (χ0) is 15.4. The van der Waals surface area contributed by atoms with E-state index >= 15 is 0 Å². The molecular formula is C13H20O6S. The SMILES string of the molecule is CC12CCC(C(=O)OCCS(=O)(=O)O)(CC1=O)C2(C)C. The van der Waals surface area contributed by atoms with E-state index in [0.29, 0.717) is 12.8 Å². The molecule has 20 heavy (non-hydrogen) atoms. The molecule has 0 aromatic rings. The first kappa shape index (κ1) is 15.4. The molecule has 0 amide bonds. The van der Waals surface area contributed by atoms with Crippen molar-refractivity contribution in [2.75, 3.05) is 12.4 Å². The second kappa shape index (κ2) is 4.27. The number of ether oxygens (including phenoxy) is 1. The fourth-order valence-corrected chi connectivity index (χ4v) is 3.98. The molecule has 2 aliphatic carbocycles. The van der Waals surface area contributed by atoms with E-state index in [-0.39, 0.29) is 18.8 Å². The van der Waals surface area contributed by atoms with Crippen molar-refractivity contribution in [3.63, 3.8) is 0 Å². The first-order valence-electron chi connectivity index (χ1n) is 6.62. The molecular weight excluding hydrogens is 284 g/mol. The molecule has 2 fully saturated rings. The average Bonchev–Trinajstić information content (AvgIpc) is 2.57. The number of carbonyl (C=O) groups is 2. The summed E-state index contributed by atoms with van der Waals surface area (Å²) in [6.45, 7) is 5.29. The van der Waals surface area contributed by atoms with Crippen molar-refractivity contribution in [3.8, 4) is 0 Å². The van der Waals surface area contributed by atoms with Crippen LogP contribution in [0.5, 0.6) is 0 Å². The molecule has 0 heterocycles. The highest BCUT2D eigenvalue weighted by Crippen LogP contribution is 2.70. The van der Waals surface area contributed by atoms with Gasteiger partial charge in [-0.15, -0.1) is 0 Å². The molecule has 2 rings (SSSR count). The van der Waals surface area contributed by atoms with E-state index in [4.69, 9.17) is 9.29 Å². The van der Waals surface area contributed by atoms with E-state index in [1.165, 1.54) is 0 Å². The van der Waals surface area contributed by atoms with Crippen LogP contribution >= 0.6 is 0 Å². The van der Waals surface area contributed by atoms with Gasteiger partial charge in [-0.05, 0) is 18.3 Å². The second-order valence-corrected chi connectivity index (χ2v) is 8.13. The molecule has 6 nitrogen and oxygen atoms in total. The van der Waals surface area contributed by atoms with Crippen LogP contribution in [-0.2, 0) is 24.4 Å². The highest BCUT2D eigenvalue weighted by Gasteiger charge is 2.73. The maximum absolute atomic E-state index is 12.4. The monoisotopic (exact) mass is 304 g/mol. The van der Waals surface area contributed by atoms with Crippen LogP contribution in [-0.4, -0.2) is 37.1 Å². The van der Waals surface area contributed by atoms with Gasteiger partial charge >= 0.3 is 5.97 Å². The smallest absolute Gasteiger partial charge is 0.313 e. The largest absolute Gasteiger partial charge is 0.464 e. The highest BCUT2D eigenvalue weighted by molar-refractivity contribution is 7.85. The number of fused-ring (bicyclic) bond motifs is 2. The van der Waals surface area contributed by atoms with Crippen LogP contribution in [0.3, 0.4) is 0 Å². The first-order chi connectivity index (χ1) is 8.96. The van der Waals surface area contributed by atoms with E-state index in [0.717, 1.165) is 0 Å². The van der Waals surface area contributed by atoms with E-state index in [2.05, 4.69) is 0 Å². The van der Waals surface area contributed by atoms with Gasteiger partial charge in [0.25, 0.3) is 10.1 Å². The summed E-state index contributed by atoms with van der Waals surface area (Å²) in [4.78, 5) is 24.5. The lowest BCUT2D eigenvalue weighted by molar-refractivity contribution is -0.161. The molecule has 0 spiro atoms. The Kier molecular flexibility index (Phi) is 3.30. The van der Waals surface area contributed by atoms with Gasteiger partial charge in [0.15, 0.2) is 0 Å². The lowest BCUT2D eigenvalue weighted by Crippen LogP contribution is -2.42. The van der Waals surface area contributed by atoms with Crippen molar-refractivity contribution >= 4 is 21.9 Å². The second-order valence-electron chi connectivity index (χ2n) is 6.56. The Labute approximate surface area is 118 Å². The van der Waals surface area contributed by atoms with Gasteiger partial charge < -0.3 is 4.74 Å². The van der Waals surface area contributed by atoms with Gasteiger partial charge in [0, 0.05) is 11.8 Å². The number of carbonyl (C=O) groups excluding carboxylic acids is 2. The van der Waals surface area contributed by atoms with Gasteiger partial charge in [-0.25, -0.2) is 0 Å². The standard InChI is InChI=1S/C13H20O6S/c1-11(2)12(3)4-5-13(11,8-9(12)14)10(15)19-6-7-20(16,17)18/h4-8H2,1-3H3,(H,16,17,18). The summed E-state index contributed by atoms with van der Waals surface area (Å²) in [5, 5.41) is 0. The van der Waals surface area contributed by atoms with Gasteiger partial charge in [0.2, 0.25) is 0 Å². The Morgan fingerprint density at radius 1 is 1.30 bits per heavy atom. The van der Waals surface area contributed by atoms with Crippen molar-refractivity contribution < 1.29 is 27.3 Å². The maximum atomic E-state index is 12.4. The predicted molar refractivity (Wildman–Crippen MR) is 70.6 cm³/mol. The summed E-state index contributed by atoms with van der Waals surface area (Å²) in [6, 6.07) is 0. The van der Waals surface area contributed by atoms with Crippen LogP contribution in [0.1, 0.15) is 40.0 Å². The minimum atomic E-state index is -4.16. The molecule has 0 saturated heterocycles. The topological polar surface area (TPSA) is 97.7 Å². The summed E-state index contributed by atoms with van der Waals surface area (Å²) in [6.07, 6.45) is 1.38. The minimum Gasteiger partial charge on any atom is -0.464 e. The van der Waals surface area contributed by atoms with Crippen LogP contribution in [0.25, 0.3) is 0 Å². The fourth-order valence-electron chi connectivity index (χ4n) is 3.69. The maximum Gasteiger partial charge on any atom is 0.313 e. The molecule has 2 saturated carbocycles. The van der Waals surface area contributed by atoms with Crippen molar-refractivity contribution in [1.82, 2.24) is 0 Å². The Bertz CT molecular complexity index is 563. The number of Topliss-reactive ketones (excluding diaryl/α,β-unsaturated/α-hetero) is 1. The molecule has 1 N–H and O–H groups in total. The summed E-state index contributed by atoms with van der Waals surface area (Å²) in [7, 11) is -4.16. The van der Waals surface area contributed by atoms with Crippen molar-refractivity contribution in [2.45, 2.75) is 40.0 Å². The zero-order valence-corrected chi connectivity index (χ0v) is 12.7. The van der Waals surface area contributed by atoms with Gasteiger partial charge in [-0.1, -0.05) is 20.8 Å². The van der Waals surface area contributed by atoms with Gasteiger partial charge in [0.1, 0.15) is 18.1 Å². The van der Waals surface area contributed by atoms with Crippen LogP contribution in [0, 0.1) is 16.2 Å². The molecule has 0 aliphatic heterocycles. The Morgan fingerprint density at radius 2 is 1.90 bits per heavy atom. The van der Waals surface area contributed by atoms with Crippen LogP contribution in [0.15, 0.2) is 0 Å². The third-order valence-electron chi connectivity index (χ3n) is 5.67. The molecule has 114 valence electrons. The third-order valence-corrected chi connectivity index (χ3v) is 6.35. The predicted octanol–water partition coefficient (Wildman–Crippen LogP) is 1.20. The Balaban J connectivity index is 2.16. The molecule has 2 atom stereocenters. The Morgan fingerprint density at radius 3 is 2.30 bits per heavy atom. The highest BCUT2D eigenvalue weighted by atomic mass is 32.2. The third kappa shape index (κ3) is 1.90. The number of hydrogen-bond donors (Lipinski definition) is 1. The van der Waals surface area contributed by atoms with E-state index in [1.807, 2.05) is 20.8 Å². The number of hydrogen-bond acceptors (Lipinski definition) is 5. The van der Waals surface area contributed by atoms with Gasteiger partial charge in [-0.3, -0.25) is 14.1 Å². The van der Waals surface area contributed by atoms with E-state index < -0.39 is 38.1 Å². The van der Waals surface area contributed by atoms with Crippen molar-refractivity contribution in [1.29, 1.82) is 0 Å². The van der Waals surface area contributed by atoms with Crippen LogP contribution < -0.4 is 0 Å². The molecule has 0 radical (unpaired) electrons. The zero-order valence-electron chi connectivity index (χ0n) is 11.9. The molecule has 2 bridgehead atoms. The summed E-state index contributed by atoms with van der Waals surface area (Å²) in [5.74, 6) is -1.08. The fraction of sp³-hybridized carbons (Fsp3) is 0.846. The van der Waals surface area contributed by atoms with Crippen LogP contribution in [0.2, 0.25) is 0 Å². The minimum absolute atomic E-state index is 0.0699. The summed E-state index contributed by atoms with van der Waals surface area (Å²) in [5.41, 5.74) is -1.89. The first-order valence-corrected chi connectivity index (χ1v) is 8.23. The molecule has 2 unspecified atom stereocenters. The number of esters is 1. The van der Waals surface area contributed by atoms with E-state index in [9.17, 15) is 18.0 Å².